The van der Waals surface area contributed by atoms with Crippen molar-refractivity contribution in [2.24, 2.45) is 7.05 Å². The predicted molar refractivity (Wildman–Crippen MR) is 113 cm³/mol. The monoisotopic (exact) mass is 409 g/mol. The molecule has 156 valence electrons. The second-order valence-corrected chi connectivity index (χ2v) is 7.29. The summed E-state index contributed by atoms with van der Waals surface area (Å²) >= 11 is 0. The fraction of sp³-hybridized carbons (Fsp3) is 0.333. The van der Waals surface area contributed by atoms with Gasteiger partial charge in [-0.25, -0.2) is 4.98 Å². The SMILES string of the molecule is Cn1cccc(C(=O)N2CCN(c3ccc4c(=O)n(CCO)cnc4c3)CC2)c1=O. The number of anilines is 1. The van der Waals surface area contributed by atoms with Gasteiger partial charge in [-0.05, 0) is 30.3 Å². The molecule has 2 aromatic heterocycles. The van der Waals surface area contributed by atoms with E-state index in [1.807, 2.05) is 12.1 Å². The number of pyridine rings is 1. The third-order valence-electron chi connectivity index (χ3n) is 5.44. The van der Waals surface area contributed by atoms with E-state index >= 15 is 0 Å². The van der Waals surface area contributed by atoms with E-state index in [2.05, 4.69) is 9.88 Å². The highest BCUT2D eigenvalue weighted by atomic mass is 16.3. The van der Waals surface area contributed by atoms with Crippen LogP contribution in [0.3, 0.4) is 0 Å². The van der Waals surface area contributed by atoms with Crippen LogP contribution in [0, 0.1) is 0 Å². The van der Waals surface area contributed by atoms with Crippen LogP contribution < -0.4 is 16.0 Å². The number of aliphatic hydroxyl groups is 1. The average molecular weight is 409 g/mol. The van der Waals surface area contributed by atoms with Crippen molar-refractivity contribution in [2.75, 3.05) is 37.7 Å². The first-order valence-corrected chi connectivity index (χ1v) is 9.79. The molecular formula is C21H23N5O4. The Kier molecular flexibility index (Phi) is 5.37. The molecule has 0 bridgehead atoms. The number of rotatable bonds is 4. The number of nitrogens with zero attached hydrogens (tertiary/aromatic N) is 5. The Morgan fingerprint density at radius 1 is 1.10 bits per heavy atom. The zero-order valence-electron chi connectivity index (χ0n) is 16.7. The van der Waals surface area contributed by atoms with Crippen LogP contribution in [0.2, 0.25) is 0 Å². The number of hydrogen-bond donors (Lipinski definition) is 1. The van der Waals surface area contributed by atoms with Crippen LogP contribution in [-0.2, 0) is 13.6 Å². The van der Waals surface area contributed by atoms with E-state index in [-0.39, 0.29) is 35.7 Å². The van der Waals surface area contributed by atoms with Gasteiger partial charge >= 0.3 is 0 Å². The third-order valence-corrected chi connectivity index (χ3v) is 5.44. The van der Waals surface area contributed by atoms with E-state index in [4.69, 9.17) is 5.11 Å². The Balaban J connectivity index is 1.50. The normalized spacial score (nSPS) is 14.3. The molecule has 4 rings (SSSR count). The molecule has 30 heavy (non-hydrogen) atoms. The van der Waals surface area contributed by atoms with E-state index in [9.17, 15) is 14.4 Å². The molecule has 1 amide bonds. The van der Waals surface area contributed by atoms with Crippen molar-refractivity contribution < 1.29 is 9.90 Å². The van der Waals surface area contributed by atoms with E-state index in [0.717, 1.165) is 5.69 Å². The zero-order chi connectivity index (χ0) is 21.3. The molecular weight excluding hydrogens is 386 g/mol. The molecule has 3 aromatic rings. The first-order valence-electron chi connectivity index (χ1n) is 9.79. The van der Waals surface area contributed by atoms with Crippen molar-refractivity contribution >= 4 is 22.5 Å². The van der Waals surface area contributed by atoms with Gasteiger partial charge in [0.2, 0.25) is 0 Å². The van der Waals surface area contributed by atoms with Crippen LogP contribution in [0.25, 0.3) is 10.9 Å². The summed E-state index contributed by atoms with van der Waals surface area (Å²) in [6.45, 7) is 2.33. The standard InChI is InChI=1S/C21H23N5O4/c1-23-6-2-3-17(19(23)28)21(30)25-9-7-24(8-10-25)15-4-5-16-18(13-15)22-14-26(11-12-27)20(16)29/h2-6,13-14,27H,7-12H2,1H3. The summed E-state index contributed by atoms with van der Waals surface area (Å²) in [6.07, 6.45) is 3.07. The summed E-state index contributed by atoms with van der Waals surface area (Å²) in [4.78, 5) is 45.6. The number of aliphatic hydroxyl groups excluding tert-OH is 1. The maximum absolute atomic E-state index is 12.7. The molecule has 0 atom stereocenters. The Hall–Kier alpha value is -3.46. The fourth-order valence-corrected chi connectivity index (χ4v) is 3.71. The minimum Gasteiger partial charge on any atom is -0.395 e. The summed E-state index contributed by atoms with van der Waals surface area (Å²) in [7, 11) is 1.63. The van der Waals surface area contributed by atoms with Crippen LogP contribution in [0.1, 0.15) is 10.4 Å². The van der Waals surface area contributed by atoms with E-state index in [1.54, 1.807) is 36.3 Å². The molecule has 1 saturated heterocycles. The highest BCUT2D eigenvalue weighted by molar-refractivity contribution is 5.94. The molecule has 0 unspecified atom stereocenters. The molecule has 0 spiro atoms. The van der Waals surface area contributed by atoms with Crippen LogP contribution in [0.15, 0.2) is 52.4 Å². The van der Waals surface area contributed by atoms with Gasteiger partial charge in [0.05, 0.1) is 30.4 Å². The minimum atomic E-state index is -0.294. The van der Waals surface area contributed by atoms with Gasteiger partial charge in [-0.2, -0.15) is 0 Å². The first kappa shape index (κ1) is 19.8. The molecule has 1 aliphatic rings. The van der Waals surface area contributed by atoms with E-state index in [1.165, 1.54) is 15.5 Å². The zero-order valence-corrected chi connectivity index (χ0v) is 16.7. The smallest absolute Gasteiger partial charge is 0.263 e. The summed E-state index contributed by atoms with van der Waals surface area (Å²) in [5, 5.41) is 9.55. The van der Waals surface area contributed by atoms with Gasteiger partial charge < -0.3 is 19.5 Å². The molecule has 9 nitrogen and oxygen atoms in total. The molecule has 1 aliphatic heterocycles. The van der Waals surface area contributed by atoms with Gasteiger partial charge in [-0.15, -0.1) is 0 Å². The second kappa shape index (κ2) is 8.11. The van der Waals surface area contributed by atoms with E-state index < -0.39 is 0 Å². The summed E-state index contributed by atoms with van der Waals surface area (Å²) in [5.41, 5.74) is 1.23. The Morgan fingerprint density at radius 2 is 1.87 bits per heavy atom. The molecule has 1 aromatic carbocycles. The Bertz CT molecular complexity index is 1210. The molecule has 3 heterocycles. The Morgan fingerprint density at radius 3 is 2.60 bits per heavy atom. The fourth-order valence-electron chi connectivity index (χ4n) is 3.71. The predicted octanol–water partition coefficient (Wildman–Crippen LogP) is 0.0499. The summed E-state index contributed by atoms with van der Waals surface area (Å²) in [5.74, 6) is -0.250. The van der Waals surface area contributed by atoms with Gasteiger partial charge in [-0.1, -0.05) is 0 Å². The first-order chi connectivity index (χ1) is 14.5. The lowest BCUT2D eigenvalue weighted by molar-refractivity contribution is 0.0744. The topological polar surface area (TPSA) is 101 Å². The number of aromatic nitrogens is 3. The van der Waals surface area contributed by atoms with Crippen molar-refractivity contribution in [3.05, 3.63) is 69.1 Å². The van der Waals surface area contributed by atoms with Crippen molar-refractivity contribution in [3.63, 3.8) is 0 Å². The number of carbonyl (C=O) groups is 1. The van der Waals surface area contributed by atoms with Crippen molar-refractivity contribution in [1.29, 1.82) is 0 Å². The van der Waals surface area contributed by atoms with Gasteiger partial charge in [0, 0.05) is 45.1 Å². The van der Waals surface area contributed by atoms with Crippen LogP contribution in [0.5, 0.6) is 0 Å². The van der Waals surface area contributed by atoms with Crippen molar-refractivity contribution in [1.82, 2.24) is 19.0 Å². The lowest BCUT2D eigenvalue weighted by Gasteiger charge is -2.36. The number of amides is 1. The quantitative estimate of drug-likeness (QED) is 0.654. The maximum atomic E-state index is 12.7. The molecule has 9 heteroatoms. The van der Waals surface area contributed by atoms with Crippen LogP contribution in [0.4, 0.5) is 5.69 Å². The largest absolute Gasteiger partial charge is 0.395 e. The number of aryl methyl sites for hydroxylation is 1. The highest BCUT2D eigenvalue weighted by Gasteiger charge is 2.24. The van der Waals surface area contributed by atoms with Gasteiger partial charge in [-0.3, -0.25) is 19.0 Å². The summed E-state index contributed by atoms with van der Waals surface area (Å²) in [6, 6.07) is 8.75. The van der Waals surface area contributed by atoms with Gasteiger partial charge in [0.25, 0.3) is 17.0 Å². The number of fused-ring (bicyclic) bond motifs is 1. The van der Waals surface area contributed by atoms with Crippen molar-refractivity contribution in [3.8, 4) is 0 Å². The van der Waals surface area contributed by atoms with Crippen LogP contribution in [-0.4, -0.2) is 62.8 Å². The van der Waals surface area contributed by atoms with Crippen LogP contribution >= 0.6 is 0 Å². The maximum Gasteiger partial charge on any atom is 0.263 e. The van der Waals surface area contributed by atoms with Gasteiger partial charge in [0.15, 0.2) is 0 Å². The lowest BCUT2D eigenvalue weighted by atomic mass is 10.1. The summed E-state index contributed by atoms with van der Waals surface area (Å²) < 4.78 is 2.79. The lowest BCUT2D eigenvalue weighted by Crippen LogP contribution is -2.49. The molecule has 1 fully saturated rings. The van der Waals surface area contributed by atoms with E-state index in [0.29, 0.717) is 37.1 Å². The molecule has 0 saturated carbocycles. The average Bonchev–Trinajstić information content (AvgIpc) is 2.77. The number of hydrogen-bond acceptors (Lipinski definition) is 6. The minimum absolute atomic E-state index is 0.122. The van der Waals surface area contributed by atoms with Gasteiger partial charge in [0.1, 0.15) is 5.56 Å². The second-order valence-electron chi connectivity index (χ2n) is 7.29. The molecule has 0 aliphatic carbocycles. The number of benzene rings is 1. The Labute approximate surface area is 172 Å². The molecule has 0 radical (unpaired) electrons. The number of piperazine rings is 1. The highest BCUT2D eigenvalue weighted by Crippen LogP contribution is 2.21. The number of carbonyl (C=O) groups excluding carboxylic acids is 1. The van der Waals surface area contributed by atoms with Crippen molar-refractivity contribution in [2.45, 2.75) is 6.54 Å². The third kappa shape index (κ3) is 3.59. The molecule has 1 N–H and O–H groups in total.